The largest absolute Gasteiger partial charge is 0.366 e. The third kappa shape index (κ3) is 5.27. The van der Waals surface area contributed by atoms with Crippen molar-refractivity contribution in [3.05, 3.63) is 75.3 Å². The van der Waals surface area contributed by atoms with Crippen molar-refractivity contribution in [1.29, 1.82) is 0 Å². The Kier molecular flexibility index (Phi) is 6.09. The molecule has 3 N–H and O–H groups in total. The van der Waals surface area contributed by atoms with E-state index in [1.807, 2.05) is 24.3 Å². The van der Waals surface area contributed by atoms with Gasteiger partial charge in [0, 0.05) is 29.6 Å². The number of aryl methyl sites for hydroxylation is 1. The number of H-pyrrole nitrogens is 1. The Morgan fingerprint density at radius 2 is 1.72 bits per heavy atom. The minimum absolute atomic E-state index is 0.0468. The van der Waals surface area contributed by atoms with E-state index in [2.05, 4.69) is 25.0 Å². The van der Waals surface area contributed by atoms with Crippen LogP contribution in [0.3, 0.4) is 0 Å². The summed E-state index contributed by atoms with van der Waals surface area (Å²) in [4.78, 5) is 23.4. The zero-order valence-electron chi connectivity index (χ0n) is 16.5. The number of benzene rings is 1. The Balaban J connectivity index is 1.64. The second-order valence-corrected chi connectivity index (χ2v) is 8.62. The Labute approximate surface area is 169 Å². The minimum Gasteiger partial charge on any atom is -0.366 e. The van der Waals surface area contributed by atoms with Crippen molar-refractivity contribution in [2.75, 3.05) is 12.4 Å². The molecule has 0 fully saturated rings. The Bertz CT molecular complexity index is 1150. The predicted molar refractivity (Wildman–Crippen MR) is 113 cm³/mol. The number of sulfonamides is 1. The average Bonchev–Trinajstić information content (AvgIpc) is 2.71. The number of aromatic nitrogens is 3. The van der Waals surface area contributed by atoms with Crippen molar-refractivity contribution < 1.29 is 8.42 Å². The van der Waals surface area contributed by atoms with Gasteiger partial charge in [0.1, 0.15) is 11.6 Å². The third-order valence-corrected chi connectivity index (χ3v) is 5.93. The van der Waals surface area contributed by atoms with Gasteiger partial charge in [-0.3, -0.25) is 4.79 Å². The molecule has 9 heteroatoms. The maximum atomic E-state index is 11.9. The van der Waals surface area contributed by atoms with Gasteiger partial charge in [-0.05, 0) is 44.2 Å². The molecule has 0 aliphatic rings. The van der Waals surface area contributed by atoms with Gasteiger partial charge in [0.25, 0.3) is 5.56 Å². The lowest BCUT2D eigenvalue weighted by Gasteiger charge is -2.08. The maximum Gasteiger partial charge on any atom is 0.254 e. The molecule has 1 aromatic carbocycles. The summed E-state index contributed by atoms with van der Waals surface area (Å²) in [6.07, 6.45) is 1.65. The van der Waals surface area contributed by atoms with Gasteiger partial charge in [-0.1, -0.05) is 24.3 Å². The topological polar surface area (TPSA) is 117 Å². The zero-order valence-corrected chi connectivity index (χ0v) is 17.3. The average molecular weight is 414 g/mol. The smallest absolute Gasteiger partial charge is 0.254 e. The summed E-state index contributed by atoms with van der Waals surface area (Å²) in [7, 11) is -1.88. The van der Waals surface area contributed by atoms with Crippen LogP contribution < -0.4 is 15.6 Å². The van der Waals surface area contributed by atoms with Gasteiger partial charge in [-0.2, -0.15) is 0 Å². The second-order valence-electron chi connectivity index (χ2n) is 6.69. The van der Waals surface area contributed by atoms with Crippen molar-refractivity contribution in [1.82, 2.24) is 19.7 Å². The van der Waals surface area contributed by atoms with E-state index in [9.17, 15) is 13.2 Å². The van der Waals surface area contributed by atoms with Gasteiger partial charge in [0.2, 0.25) is 10.0 Å². The normalized spacial score (nSPS) is 11.4. The lowest BCUT2D eigenvalue weighted by atomic mass is 10.1. The molecule has 2 aromatic heterocycles. The van der Waals surface area contributed by atoms with Gasteiger partial charge in [-0.25, -0.2) is 23.1 Å². The third-order valence-electron chi connectivity index (χ3n) is 4.60. The van der Waals surface area contributed by atoms with E-state index in [-0.39, 0.29) is 11.3 Å². The van der Waals surface area contributed by atoms with Crippen LogP contribution in [0.4, 0.5) is 5.82 Å². The summed E-state index contributed by atoms with van der Waals surface area (Å²) in [5, 5.41) is 3.22. The first kappa shape index (κ1) is 20.7. The summed E-state index contributed by atoms with van der Waals surface area (Å²) < 4.78 is 25.5. The molecule has 3 aromatic rings. The molecule has 3 rings (SSSR count). The summed E-state index contributed by atoms with van der Waals surface area (Å²) in [6.45, 7) is 4.09. The fourth-order valence-electron chi connectivity index (χ4n) is 2.66. The Hall–Kier alpha value is -3.04. The van der Waals surface area contributed by atoms with Crippen LogP contribution in [-0.2, 0) is 22.3 Å². The van der Waals surface area contributed by atoms with Crippen LogP contribution in [0.2, 0.25) is 0 Å². The lowest BCUT2D eigenvalue weighted by Crippen LogP contribution is -2.20. The summed E-state index contributed by atoms with van der Waals surface area (Å²) in [5.41, 5.74) is 3.60. The van der Waals surface area contributed by atoms with Crippen molar-refractivity contribution in [3.63, 3.8) is 0 Å². The maximum absolute atomic E-state index is 11.9. The van der Waals surface area contributed by atoms with Crippen molar-refractivity contribution in [2.24, 2.45) is 0 Å². The number of pyridine rings is 1. The van der Waals surface area contributed by atoms with E-state index < -0.39 is 10.0 Å². The first-order valence-electron chi connectivity index (χ1n) is 9.04. The summed E-state index contributed by atoms with van der Waals surface area (Å²) in [6, 6.07) is 11.0. The highest BCUT2D eigenvalue weighted by Crippen LogP contribution is 2.16. The molecule has 0 spiro atoms. The van der Waals surface area contributed by atoms with Crippen molar-refractivity contribution in [3.8, 4) is 11.4 Å². The molecular formula is C20H23N5O3S. The summed E-state index contributed by atoms with van der Waals surface area (Å²) in [5.74, 6) is 1.13. The van der Waals surface area contributed by atoms with Crippen LogP contribution in [0.15, 0.2) is 47.4 Å². The fourth-order valence-corrected chi connectivity index (χ4v) is 3.43. The predicted octanol–water partition coefficient (Wildman–Crippen LogP) is 2.11. The molecule has 0 bridgehead atoms. The SMILES string of the molecule is CNS(=O)(=O)Cc1ccc(CNc2ccc(-c3nc(C)c(C)c(=O)[nH]3)cn2)cc1. The van der Waals surface area contributed by atoms with Crippen LogP contribution in [0.25, 0.3) is 11.4 Å². The van der Waals surface area contributed by atoms with Gasteiger partial charge < -0.3 is 10.3 Å². The number of aromatic amines is 1. The van der Waals surface area contributed by atoms with Crippen LogP contribution >= 0.6 is 0 Å². The van der Waals surface area contributed by atoms with Gasteiger partial charge in [0.15, 0.2) is 0 Å². The highest BCUT2D eigenvalue weighted by Gasteiger charge is 2.09. The molecule has 0 unspecified atom stereocenters. The summed E-state index contributed by atoms with van der Waals surface area (Å²) >= 11 is 0. The molecule has 0 saturated carbocycles. The molecule has 0 saturated heterocycles. The fraction of sp³-hybridized carbons (Fsp3) is 0.250. The minimum atomic E-state index is -3.28. The highest BCUT2D eigenvalue weighted by molar-refractivity contribution is 7.88. The quantitative estimate of drug-likeness (QED) is 0.546. The van der Waals surface area contributed by atoms with E-state index in [0.717, 1.165) is 16.7 Å². The monoisotopic (exact) mass is 413 g/mol. The highest BCUT2D eigenvalue weighted by atomic mass is 32.2. The number of hydrogen-bond acceptors (Lipinski definition) is 6. The van der Waals surface area contributed by atoms with E-state index in [4.69, 9.17) is 0 Å². The molecule has 0 radical (unpaired) electrons. The van der Waals surface area contributed by atoms with E-state index in [0.29, 0.717) is 29.4 Å². The first-order chi connectivity index (χ1) is 13.8. The van der Waals surface area contributed by atoms with Crippen LogP contribution in [0, 0.1) is 13.8 Å². The van der Waals surface area contributed by atoms with Gasteiger partial charge >= 0.3 is 0 Å². The second kappa shape index (κ2) is 8.54. The lowest BCUT2D eigenvalue weighted by molar-refractivity contribution is 0.587. The number of hydrogen-bond donors (Lipinski definition) is 3. The van der Waals surface area contributed by atoms with E-state index >= 15 is 0 Å². The number of nitrogens with one attached hydrogen (secondary N) is 3. The van der Waals surface area contributed by atoms with E-state index in [1.54, 1.807) is 32.2 Å². The molecule has 8 nitrogen and oxygen atoms in total. The molecule has 0 aliphatic carbocycles. The number of rotatable bonds is 7. The Morgan fingerprint density at radius 3 is 2.31 bits per heavy atom. The molecule has 152 valence electrons. The molecule has 2 heterocycles. The standard InChI is InChI=1S/C20H23N5O3S/c1-13-14(2)24-19(25-20(13)26)17-8-9-18(23-11-17)22-10-15-4-6-16(7-5-15)12-29(27,28)21-3/h4-9,11,21H,10,12H2,1-3H3,(H,22,23)(H,24,25,26). The molecule has 0 aliphatic heterocycles. The van der Waals surface area contributed by atoms with Gasteiger partial charge in [0.05, 0.1) is 5.75 Å². The van der Waals surface area contributed by atoms with E-state index in [1.165, 1.54) is 7.05 Å². The first-order valence-corrected chi connectivity index (χ1v) is 10.7. The molecular weight excluding hydrogens is 390 g/mol. The van der Waals surface area contributed by atoms with Crippen LogP contribution in [0.5, 0.6) is 0 Å². The zero-order chi connectivity index (χ0) is 21.0. The Morgan fingerprint density at radius 1 is 1.03 bits per heavy atom. The van der Waals surface area contributed by atoms with Crippen molar-refractivity contribution in [2.45, 2.75) is 26.1 Å². The number of nitrogens with zero attached hydrogens (tertiary/aromatic N) is 2. The van der Waals surface area contributed by atoms with Gasteiger partial charge in [-0.15, -0.1) is 0 Å². The number of anilines is 1. The van der Waals surface area contributed by atoms with Crippen molar-refractivity contribution >= 4 is 15.8 Å². The van der Waals surface area contributed by atoms with Crippen LogP contribution in [-0.4, -0.2) is 30.4 Å². The molecule has 0 amide bonds. The molecule has 0 atom stereocenters. The molecule has 29 heavy (non-hydrogen) atoms. The van der Waals surface area contributed by atoms with Crippen LogP contribution in [0.1, 0.15) is 22.4 Å².